The van der Waals surface area contributed by atoms with Crippen molar-refractivity contribution in [3.8, 4) is 11.5 Å². The number of hydrogen-bond donors (Lipinski definition) is 0. The molecular weight excluding hydrogens is 308 g/mol. The number of methoxy groups -OCH3 is 2. The van der Waals surface area contributed by atoms with Gasteiger partial charge in [0, 0.05) is 0 Å². The topological polar surface area (TPSA) is 97.4 Å². The normalized spacial score (nSPS) is 25.0. The molecule has 1 aromatic rings. The van der Waals surface area contributed by atoms with Gasteiger partial charge in [-0.2, -0.15) is 0 Å². The fourth-order valence-corrected chi connectivity index (χ4v) is 2.72. The summed E-state index contributed by atoms with van der Waals surface area (Å²) in [6.07, 6.45) is -0.964. The van der Waals surface area contributed by atoms with Crippen molar-refractivity contribution in [2.75, 3.05) is 21.0 Å². The maximum atomic E-state index is 12.1. The first-order valence-electron chi connectivity index (χ1n) is 6.82. The Balaban J connectivity index is 1.98. The average molecular weight is 322 g/mol. The van der Waals surface area contributed by atoms with Crippen LogP contribution in [-0.2, 0) is 28.6 Å². The van der Waals surface area contributed by atoms with E-state index < -0.39 is 35.8 Å². The molecule has 2 heterocycles. The van der Waals surface area contributed by atoms with Crippen LogP contribution in [0.1, 0.15) is 11.7 Å². The molecule has 0 aromatic heterocycles. The van der Waals surface area contributed by atoms with Crippen molar-refractivity contribution in [2.45, 2.75) is 6.10 Å². The van der Waals surface area contributed by atoms with Gasteiger partial charge in [-0.3, -0.25) is 14.4 Å². The van der Waals surface area contributed by atoms with Gasteiger partial charge in [-0.05, 0) is 17.7 Å². The molecule has 2 aliphatic heterocycles. The van der Waals surface area contributed by atoms with Gasteiger partial charge in [0.25, 0.3) is 0 Å². The lowest BCUT2D eigenvalue weighted by atomic mass is 9.87. The van der Waals surface area contributed by atoms with Crippen molar-refractivity contribution in [3.63, 3.8) is 0 Å². The van der Waals surface area contributed by atoms with Crippen LogP contribution in [0.3, 0.4) is 0 Å². The molecular formula is C15H14O8. The Hall–Kier alpha value is -2.77. The van der Waals surface area contributed by atoms with Crippen molar-refractivity contribution < 1.29 is 38.1 Å². The molecule has 1 aromatic carbocycles. The summed E-state index contributed by atoms with van der Waals surface area (Å²) in [6, 6.07) is 4.89. The van der Waals surface area contributed by atoms with Crippen LogP contribution >= 0.6 is 0 Å². The van der Waals surface area contributed by atoms with Crippen molar-refractivity contribution in [1.82, 2.24) is 0 Å². The predicted octanol–water partition coefficient (Wildman–Crippen LogP) is 0.592. The summed E-state index contributed by atoms with van der Waals surface area (Å²) in [4.78, 5) is 36.0. The Labute approximate surface area is 131 Å². The van der Waals surface area contributed by atoms with E-state index in [0.717, 1.165) is 7.11 Å². The summed E-state index contributed by atoms with van der Waals surface area (Å²) >= 11 is 0. The van der Waals surface area contributed by atoms with E-state index in [0.29, 0.717) is 17.1 Å². The highest BCUT2D eigenvalue weighted by Crippen LogP contribution is 2.43. The monoisotopic (exact) mass is 322 g/mol. The molecule has 122 valence electrons. The van der Waals surface area contributed by atoms with Gasteiger partial charge in [-0.25, -0.2) is 0 Å². The highest BCUT2D eigenvalue weighted by atomic mass is 16.7. The number of hydrogen-bond acceptors (Lipinski definition) is 8. The number of cyclic esters (lactones) is 1. The number of carbonyl (C=O) groups is 3. The van der Waals surface area contributed by atoms with E-state index in [4.69, 9.17) is 18.9 Å². The zero-order valence-electron chi connectivity index (χ0n) is 12.4. The van der Waals surface area contributed by atoms with E-state index in [-0.39, 0.29) is 6.79 Å². The zero-order valence-corrected chi connectivity index (χ0v) is 12.4. The summed E-state index contributed by atoms with van der Waals surface area (Å²) in [5.41, 5.74) is 0.504. The molecule has 1 fully saturated rings. The smallest absolute Gasteiger partial charge is 0.322 e. The molecule has 0 amide bonds. The minimum absolute atomic E-state index is 0.0917. The molecule has 8 heteroatoms. The number of rotatable bonds is 3. The lowest BCUT2D eigenvalue weighted by Gasteiger charge is -2.18. The van der Waals surface area contributed by atoms with Gasteiger partial charge in [0.05, 0.1) is 14.2 Å². The van der Waals surface area contributed by atoms with E-state index in [1.807, 2.05) is 0 Å². The van der Waals surface area contributed by atoms with Crippen LogP contribution in [0.4, 0.5) is 0 Å². The largest absolute Gasteiger partial charge is 0.469 e. The summed E-state index contributed by atoms with van der Waals surface area (Å²) < 4.78 is 25.0. The molecule has 23 heavy (non-hydrogen) atoms. The molecule has 0 radical (unpaired) electrons. The molecule has 2 aliphatic rings. The maximum Gasteiger partial charge on any atom is 0.322 e. The highest BCUT2D eigenvalue weighted by Gasteiger charge is 2.54. The standard InChI is InChI=1S/C15H14O8/c1-19-13(16)10-11(14(17)20-2)15(18)23-12(10)7-3-4-8-9(5-7)22-6-21-8/h3-5,10-12H,6H2,1-2H3/t10?,11-,12-/m0/s1. The molecule has 1 saturated heterocycles. The van der Waals surface area contributed by atoms with Gasteiger partial charge in [-0.15, -0.1) is 0 Å². The summed E-state index contributed by atoms with van der Waals surface area (Å²) in [5, 5.41) is 0. The summed E-state index contributed by atoms with van der Waals surface area (Å²) in [5.74, 6) is -3.85. The Morgan fingerprint density at radius 2 is 1.78 bits per heavy atom. The van der Waals surface area contributed by atoms with Gasteiger partial charge in [-0.1, -0.05) is 6.07 Å². The number of benzene rings is 1. The first-order chi connectivity index (χ1) is 11.1. The Morgan fingerprint density at radius 1 is 1.09 bits per heavy atom. The van der Waals surface area contributed by atoms with E-state index in [9.17, 15) is 14.4 Å². The summed E-state index contributed by atoms with van der Waals surface area (Å²) in [6.45, 7) is 0.0917. The third-order valence-corrected chi connectivity index (χ3v) is 3.84. The van der Waals surface area contributed by atoms with Crippen molar-refractivity contribution in [2.24, 2.45) is 11.8 Å². The van der Waals surface area contributed by atoms with Crippen LogP contribution in [0.25, 0.3) is 0 Å². The quantitative estimate of drug-likeness (QED) is 0.453. The lowest BCUT2D eigenvalue weighted by molar-refractivity contribution is -0.159. The minimum Gasteiger partial charge on any atom is -0.469 e. The molecule has 0 aliphatic carbocycles. The molecule has 8 nitrogen and oxygen atoms in total. The SMILES string of the molecule is COC(=O)C1[C@@H](C(=O)OC)C(=O)O[C@H]1c1ccc2c(c1)OCO2. The van der Waals surface area contributed by atoms with E-state index in [2.05, 4.69) is 4.74 Å². The van der Waals surface area contributed by atoms with Crippen molar-refractivity contribution in [1.29, 1.82) is 0 Å². The van der Waals surface area contributed by atoms with Gasteiger partial charge in [0.1, 0.15) is 12.0 Å². The third-order valence-electron chi connectivity index (χ3n) is 3.84. The lowest BCUT2D eigenvalue weighted by Crippen LogP contribution is -2.33. The van der Waals surface area contributed by atoms with Gasteiger partial charge in [0.15, 0.2) is 17.4 Å². The molecule has 3 atom stereocenters. The van der Waals surface area contributed by atoms with Crippen LogP contribution in [0.15, 0.2) is 18.2 Å². The molecule has 0 spiro atoms. The summed E-state index contributed by atoms with van der Waals surface area (Å²) in [7, 11) is 2.31. The molecule has 3 rings (SSSR count). The van der Waals surface area contributed by atoms with Crippen LogP contribution in [-0.4, -0.2) is 38.9 Å². The average Bonchev–Trinajstić information content (AvgIpc) is 3.16. The second kappa shape index (κ2) is 5.79. The Bertz CT molecular complexity index is 667. The van der Waals surface area contributed by atoms with Gasteiger partial charge < -0.3 is 23.7 Å². The van der Waals surface area contributed by atoms with Crippen molar-refractivity contribution >= 4 is 17.9 Å². The number of ether oxygens (including phenoxy) is 5. The third kappa shape index (κ3) is 2.45. The minimum atomic E-state index is -1.36. The Morgan fingerprint density at radius 3 is 2.48 bits per heavy atom. The van der Waals surface area contributed by atoms with E-state index in [1.54, 1.807) is 18.2 Å². The first-order valence-corrected chi connectivity index (χ1v) is 6.82. The predicted molar refractivity (Wildman–Crippen MR) is 72.4 cm³/mol. The number of fused-ring (bicyclic) bond motifs is 1. The van der Waals surface area contributed by atoms with Crippen LogP contribution in [0, 0.1) is 11.8 Å². The highest BCUT2D eigenvalue weighted by molar-refractivity contribution is 6.01. The zero-order chi connectivity index (χ0) is 16.6. The van der Waals surface area contributed by atoms with Gasteiger partial charge in [0.2, 0.25) is 6.79 Å². The molecule has 0 saturated carbocycles. The number of esters is 3. The first kappa shape index (κ1) is 15.1. The van der Waals surface area contributed by atoms with E-state index >= 15 is 0 Å². The molecule has 0 N–H and O–H groups in total. The van der Waals surface area contributed by atoms with E-state index in [1.165, 1.54) is 7.11 Å². The second-order valence-corrected chi connectivity index (χ2v) is 5.02. The fourth-order valence-electron chi connectivity index (χ4n) is 2.72. The molecule has 0 bridgehead atoms. The van der Waals surface area contributed by atoms with Crippen LogP contribution < -0.4 is 9.47 Å². The fraction of sp³-hybridized carbons (Fsp3) is 0.400. The Kier molecular flexibility index (Phi) is 3.81. The maximum absolute atomic E-state index is 12.1. The van der Waals surface area contributed by atoms with Crippen molar-refractivity contribution in [3.05, 3.63) is 23.8 Å². The van der Waals surface area contributed by atoms with Crippen LogP contribution in [0.2, 0.25) is 0 Å². The second-order valence-electron chi connectivity index (χ2n) is 5.02. The van der Waals surface area contributed by atoms with Crippen LogP contribution in [0.5, 0.6) is 11.5 Å². The number of carbonyl (C=O) groups excluding carboxylic acids is 3. The van der Waals surface area contributed by atoms with Gasteiger partial charge >= 0.3 is 17.9 Å². The molecule has 1 unspecified atom stereocenters.